The highest BCUT2D eigenvalue weighted by atomic mass is 16.7. The number of hydrogen-bond acceptors (Lipinski definition) is 4. The number of hydrogen-bond donors (Lipinski definition) is 0. The molecule has 0 saturated carbocycles. The van der Waals surface area contributed by atoms with E-state index in [2.05, 4.69) is 13.8 Å². The molecule has 0 N–H and O–H groups in total. The third-order valence-corrected chi connectivity index (χ3v) is 1.63. The summed E-state index contributed by atoms with van der Waals surface area (Å²) in [5, 5.41) is 0. The van der Waals surface area contributed by atoms with Crippen LogP contribution in [0.15, 0.2) is 12.2 Å². The Morgan fingerprint density at radius 2 is 1.12 bits per heavy atom. The second-order valence-electron chi connectivity index (χ2n) is 3.27. The van der Waals surface area contributed by atoms with Gasteiger partial charge in [-0.1, -0.05) is 26.0 Å². The van der Waals surface area contributed by atoms with Crippen LogP contribution in [-0.4, -0.2) is 40.0 Å². The predicted molar refractivity (Wildman–Crippen MR) is 63.3 cm³/mol. The summed E-state index contributed by atoms with van der Waals surface area (Å²) >= 11 is 0. The van der Waals surface area contributed by atoms with Crippen molar-refractivity contribution in [3.05, 3.63) is 12.2 Å². The van der Waals surface area contributed by atoms with Crippen LogP contribution in [0.1, 0.15) is 26.7 Å². The second kappa shape index (κ2) is 14.6. The summed E-state index contributed by atoms with van der Waals surface area (Å²) in [5.41, 5.74) is 0. The van der Waals surface area contributed by atoms with E-state index >= 15 is 0 Å². The fourth-order valence-corrected chi connectivity index (χ4v) is 0.893. The van der Waals surface area contributed by atoms with Crippen LogP contribution in [0, 0.1) is 0 Å². The van der Waals surface area contributed by atoms with E-state index in [9.17, 15) is 0 Å². The molecule has 16 heavy (non-hydrogen) atoms. The van der Waals surface area contributed by atoms with E-state index in [0.717, 1.165) is 26.1 Å². The van der Waals surface area contributed by atoms with Gasteiger partial charge >= 0.3 is 0 Å². The zero-order valence-corrected chi connectivity index (χ0v) is 10.4. The van der Waals surface area contributed by atoms with Gasteiger partial charge in [-0.3, -0.25) is 0 Å². The SMILES string of the molecule is CCCOCOCC=CCOCOCCC. The molecule has 0 bridgehead atoms. The van der Waals surface area contributed by atoms with Crippen molar-refractivity contribution in [3.8, 4) is 0 Å². The molecule has 0 aromatic rings. The molecule has 0 amide bonds. The molecule has 0 unspecified atom stereocenters. The lowest BCUT2D eigenvalue weighted by Crippen LogP contribution is -2.02. The summed E-state index contributed by atoms with van der Waals surface area (Å²) in [6.45, 7) is 7.47. The van der Waals surface area contributed by atoms with Crippen LogP contribution in [0.5, 0.6) is 0 Å². The molecule has 0 aromatic heterocycles. The first kappa shape index (κ1) is 15.6. The van der Waals surface area contributed by atoms with E-state index in [4.69, 9.17) is 18.9 Å². The zero-order chi connectivity index (χ0) is 11.9. The van der Waals surface area contributed by atoms with E-state index in [1.54, 1.807) is 0 Å². The Labute approximate surface area is 98.5 Å². The van der Waals surface area contributed by atoms with Crippen LogP contribution in [0.2, 0.25) is 0 Å². The highest BCUT2D eigenvalue weighted by Gasteiger charge is 1.85. The molecule has 96 valence electrons. The first-order chi connectivity index (χ1) is 7.91. The Balaban J connectivity index is 2.98. The highest BCUT2D eigenvalue weighted by molar-refractivity contribution is 4.80. The van der Waals surface area contributed by atoms with Crippen molar-refractivity contribution in [2.24, 2.45) is 0 Å². The summed E-state index contributed by atoms with van der Waals surface area (Å²) in [6, 6.07) is 0. The van der Waals surface area contributed by atoms with Gasteiger partial charge in [0.2, 0.25) is 0 Å². The minimum atomic E-state index is 0.360. The summed E-state index contributed by atoms with van der Waals surface area (Å²) in [4.78, 5) is 0. The maximum absolute atomic E-state index is 5.18. The molecule has 0 radical (unpaired) electrons. The number of rotatable bonds is 12. The van der Waals surface area contributed by atoms with E-state index in [0.29, 0.717) is 26.8 Å². The van der Waals surface area contributed by atoms with E-state index in [1.165, 1.54) is 0 Å². The van der Waals surface area contributed by atoms with Gasteiger partial charge in [0, 0.05) is 13.2 Å². The van der Waals surface area contributed by atoms with Gasteiger partial charge < -0.3 is 18.9 Å². The van der Waals surface area contributed by atoms with Crippen LogP contribution < -0.4 is 0 Å². The standard InChI is InChI=1S/C12H24O4/c1-3-7-13-11-15-9-5-6-10-16-12-14-8-4-2/h5-6H,3-4,7-12H2,1-2H3. The lowest BCUT2D eigenvalue weighted by atomic mass is 10.5. The first-order valence-corrected chi connectivity index (χ1v) is 5.87. The monoisotopic (exact) mass is 232 g/mol. The highest BCUT2D eigenvalue weighted by Crippen LogP contribution is 1.85. The summed E-state index contributed by atoms with van der Waals surface area (Å²) < 4.78 is 20.7. The minimum absolute atomic E-state index is 0.360. The molecule has 0 rings (SSSR count). The molecule has 0 heterocycles. The third kappa shape index (κ3) is 13.6. The van der Waals surface area contributed by atoms with Crippen LogP contribution in [0.3, 0.4) is 0 Å². The Bertz CT molecular complexity index is 132. The lowest BCUT2D eigenvalue weighted by molar-refractivity contribution is -0.0467. The maximum Gasteiger partial charge on any atom is 0.147 e. The van der Waals surface area contributed by atoms with Crippen molar-refractivity contribution < 1.29 is 18.9 Å². The third-order valence-electron chi connectivity index (χ3n) is 1.63. The molecular weight excluding hydrogens is 208 g/mol. The Morgan fingerprint density at radius 1 is 0.688 bits per heavy atom. The lowest BCUT2D eigenvalue weighted by Gasteiger charge is -2.02. The van der Waals surface area contributed by atoms with Crippen LogP contribution in [-0.2, 0) is 18.9 Å². The molecule has 0 aliphatic carbocycles. The van der Waals surface area contributed by atoms with E-state index in [-0.39, 0.29) is 0 Å². The molecule has 0 atom stereocenters. The quantitative estimate of drug-likeness (QED) is 0.294. The molecule has 4 nitrogen and oxygen atoms in total. The molecule has 0 aromatic carbocycles. The summed E-state index contributed by atoms with van der Waals surface area (Å²) in [7, 11) is 0. The van der Waals surface area contributed by atoms with Gasteiger partial charge in [-0.15, -0.1) is 0 Å². The van der Waals surface area contributed by atoms with Crippen LogP contribution >= 0.6 is 0 Å². The van der Waals surface area contributed by atoms with Gasteiger partial charge in [0.15, 0.2) is 0 Å². The Kier molecular flexibility index (Phi) is 14.2. The minimum Gasteiger partial charge on any atom is -0.355 e. The van der Waals surface area contributed by atoms with E-state index < -0.39 is 0 Å². The second-order valence-corrected chi connectivity index (χ2v) is 3.27. The van der Waals surface area contributed by atoms with Crippen molar-refractivity contribution >= 4 is 0 Å². The molecule has 0 spiro atoms. The fraction of sp³-hybridized carbons (Fsp3) is 0.833. The molecular formula is C12H24O4. The van der Waals surface area contributed by atoms with Gasteiger partial charge in [0.25, 0.3) is 0 Å². The molecule has 0 saturated heterocycles. The van der Waals surface area contributed by atoms with Gasteiger partial charge in [-0.25, -0.2) is 0 Å². The molecule has 0 aliphatic heterocycles. The summed E-state index contributed by atoms with van der Waals surface area (Å²) in [5.74, 6) is 0. The largest absolute Gasteiger partial charge is 0.355 e. The van der Waals surface area contributed by atoms with Gasteiger partial charge in [-0.2, -0.15) is 0 Å². The van der Waals surface area contributed by atoms with Crippen molar-refractivity contribution in [1.29, 1.82) is 0 Å². The number of ether oxygens (including phenoxy) is 4. The van der Waals surface area contributed by atoms with Crippen LogP contribution in [0.25, 0.3) is 0 Å². The average molecular weight is 232 g/mol. The van der Waals surface area contributed by atoms with Crippen molar-refractivity contribution in [3.63, 3.8) is 0 Å². The fourth-order valence-electron chi connectivity index (χ4n) is 0.893. The maximum atomic E-state index is 5.18. The topological polar surface area (TPSA) is 36.9 Å². The average Bonchev–Trinajstić information content (AvgIpc) is 2.31. The van der Waals surface area contributed by atoms with Gasteiger partial charge in [0.1, 0.15) is 13.6 Å². The predicted octanol–water partition coefficient (Wildman–Crippen LogP) is 2.34. The van der Waals surface area contributed by atoms with E-state index in [1.807, 2.05) is 12.2 Å². The smallest absolute Gasteiger partial charge is 0.147 e. The summed E-state index contributed by atoms with van der Waals surface area (Å²) in [6.07, 6.45) is 5.86. The zero-order valence-electron chi connectivity index (χ0n) is 10.4. The van der Waals surface area contributed by atoms with Gasteiger partial charge in [-0.05, 0) is 12.8 Å². The van der Waals surface area contributed by atoms with Gasteiger partial charge in [0.05, 0.1) is 13.2 Å². The molecule has 0 aliphatic rings. The van der Waals surface area contributed by atoms with Crippen molar-refractivity contribution in [1.82, 2.24) is 0 Å². The normalized spacial score (nSPS) is 11.4. The Morgan fingerprint density at radius 3 is 1.50 bits per heavy atom. The van der Waals surface area contributed by atoms with Crippen molar-refractivity contribution in [2.45, 2.75) is 26.7 Å². The Hall–Kier alpha value is -0.420. The van der Waals surface area contributed by atoms with Crippen molar-refractivity contribution in [2.75, 3.05) is 40.0 Å². The first-order valence-electron chi connectivity index (χ1n) is 5.87. The van der Waals surface area contributed by atoms with Crippen LogP contribution in [0.4, 0.5) is 0 Å². The molecule has 4 heteroatoms. The molecule has 0 fully saturated rings.